The quantitative estimate of drug-likeness (QED) is 0.334. The second-order valence-corrected chi connectivity index (χ2v) is 6.58. The molecular weight excluding hydrogens is 458 g/mol. The Kier molecular flexibility index (Phi) is 9.20. The van der Waals surface area contributed by atoms with E-state index in [9.17, 15) is 9.18 Å². The number of hydrogen-bond acceptors (Lipinski definition) is 2. The normalized spacial score (nSPS) is 11.3. The average molecular weight is 484 g/mol. The van der Waals surface area contributed by atoms with E-state index in [0.717, 1.165) is 0 Å². The molecule has 0 aliphatic heterocycles. The summed E-state index contributed by atoms with van der Waals surface area (Å²) >= 11 is 0. The van der Waals surface area contributed by atoms with Crippen molar-refractivity contribution in [2.45, 2.75) is 19.3 Å². The van der Waals surface area contributed by atoms with Gasteiger partial charge in [0.2, 0.25) is 5.91 Å². The third-order valence-corrected chi connectivity index (χ3v) is 4.02. The summed E-state index contributed by atoms with van der Waals surface area (Å²) in [5, 5.41) is 8.92. The number of nitrogens with one attached hydrogen (secondary N) is 3. The van der Waals surface area contributed by atoms with Crippen LogP contribution in [0.15, 0.2) is 59.6 Å². The Labute approximate surface area is 176 Å². The number of aliphatic imine (C=N–C) groups is 1. The van der Waals surface area contributed by atoms with Gasteiger partial charge in [-0.05, 0) is 29.8 Å². The van der Waals surface area contributed by atoms with Gasteiger partial charge in [-0.15, -0.1) is 24.0 Å². The van der Waals surface area contributed by atoms with Crippen LogP contribution >= 0.6 is 24.0 Å². The Morgan fingerprint density at radius 3 is 2.26 bits per heavy atom. The average Bonchev–Trinajstić information content (AvgIpc) is 2.64. The summed E-state index contributed by atoms with van der Waals surface area (Å²) in [7, 11) is 1.66. The molecule has 0 heterocycles. The minimum Gasteiger partial charge on any atom is -0.356 e. The minimum atomic E-state index is -0.341. The van der Waals surface area contributed by atoms with Crippen molar-refractivity contribution in [2.75, 3.05) is 25.5 Å². The molecule has 0 saturated carbocycles. The van der Waals surface area contributed by atoms with E-state index < -0.39 is 0 Å². The number of benzene rings is 2. The van der Waals surface area contributed by atoms with Crippen LogP contribution in [0.2, 0.25) is 0 Å². The first-order valence-corrected chi connectivity index (χ1v) is 8.46. The first kappa shape index (κ1) is 22.9. The van der Waals surface area contributed by atoms with Gasteiger partial charge >= 0.3 is 0 Å². The molecule has 146 valence electrons. The number of carbonyl (C=O) groups is 1. The van der Waals surface area contributed by atoms with E-state index in [1.54, 1.807) is 7.05 Å². The maximum atomic E-state index is 12.9. The van der Waals surface area contributed by atoms with Crippen molar-refractivity contribution in [3.05, 3.63) is 66.0 Å². The van der Waals surface area contributed by atoms with Crippen LogP contribution in [0.5, 0.6) is 0 Å². The molecule has 2 rings (SSSR count). The largest absolute Gasteiger partial charge is 0.356 e. The molecule has 0 aromatic heterocycles. The van der Waals surface area contributed by atoms with Crippen molar-refractivity contribution >= 4 is 41.5 Å². The minimum absolute atomic E-state index is 0. The highest BCUT2D eigenvalue weighted by Crippen LogP contribution is 2.21. The second-order valence-electron chi connectivity index (χ2n) is 6.58. The highest BCUT2D eigenvalue weighted by molar-refractivity contribution is 14.0. The number of amides is 1. The maximum absolute atomic E-state index is 12.9. The Hall–Kier alpha value is -2.16. The zero-order valence-corrected chi connectivity index (χ0v) is 18.1. The molecular formula is C20H26FIN4O. The van der Waals surface area contributed by atoms with Gasteiger partial charge in [-0.3, -0.25) is 9.79 Å². The third kappa shape index (κ3) is 7.54. The van der Waals surface area contributed by atoms with Gasteiger partial charge in [-0.25, -0.2) is 4.39 Å². The van der Waals surface area contributed by atoms with Gasteiger partial charge < -0.3 is 16.0 Å². The van der Waals surface area contributed by atoms with E-state index in [0.29, 0.717) is 18.2 Å². The van der Waals surface area contributed by atoms with E-state index in [4.69, 9.17) is 0 Å². The Morgan fingerprint density at radius 1 is 1.04 bits per heavy atom. The molecule has 1 amide bonds. The zero-order chi connectivity index (χ0) is 19.0. The van der Waals surface area contributed by atoms with Crippen LogP contribution in [0.4, 0.5) is 10.1 Å². The lowest BCUT2D eigenvalue weighted by atomic mass is 9.85. The SMILES string of the molecule is CN=C(NCC(=O)Nc1ccc(F)cc1)NCC(C)(C)c1ccccc1.I. The van der Waals surface area contributed by atoms with Gasteiger partial charge in [0.25, 0.3) is 0 Å². The summed E-state index contributed by atoms with van der Waals surface area (Å²) in [5.74, 6) is -0.0307. The predicted octanol–water partition coefficient (Wildman–Crippen LogP) is 3.53. The summed E-state index contributed by atoms with van der Waals surface area (Å²) in [6.07, 6.45) is 0. The standard InChI is InChI=1S/C20H25FN4O.HI/c1-20(2,15-7-5-4-6-8-15)14-24-19(22-3)23-13-18(26)25-17-11-9-16(21)10-12-17;/h4-12H,13-14H2,1-3H3,(H,25,26)(H2,22,23,24);1H. The molecule has 0 aliphatic carbocycles. The monoisotopic (exact) mass is 484 g/mol. The molecule has 0 aliphatic rings. The van der Waals surface area contributed by atoms with Crippen molar-refractivity contribution in [3.63, 3.8) is 0 Å². The van der Waals surface area contributed by atoms with Crippen LogP contribution in [-0.2, 0) is 10.2 Å². The molecule has 0 radical (unpaired) electrons. The van der Waals surface area contributed by atoms with Crippen molar-refractivity contribution < 1.29 is 9.18 Å². The lowest BCUT2D eigenvalue weighted by Crippen LogP contribution is -2.45. The van der Waals surface area contributed by atoms with E-state index in [1.165, 1.54) is 29.8 Å². The molecule has 0 spiro atoms. The van der Waals surface area contributed by atoms with Crippen LogP contribution in [0, 0.1) is 5.82 Å². The van der Waals surface area contributed by atoms with Crippen LogP contribution in [0.25, 0.3) is 0 Å². The molecule has 3 N–H and O–H groups in total. The van der Waals surface area contributed by atoms with Gasteiger partial charge in [0.05, 0.1) is 6.54 Å². The van der Waals surface area contributed by atoms with Crippen LogP contribution in [0.3, 0.4) is 0 Å². The highest BCUT2D eigenvalue weighted by atomic mass is 127. The van der Waals surface area contributed by atoms with Crippen LogP contribution in [0.1, 0.15) is 19.4 Å². The fourth-order valence-electron chi connectivity index (χ4n) is 2.42. The molecule has 2 aromatic carbocycles. The summed E-state index contributed by atoms with van der Waals surface area (Å²) in [4.78, 5) is 16.1. The van der Waals surface area contributed by atoms with Crippen molar-refractivity contribution in [1.82, 2.24) is 10.6 Å². The first-order valence-electron chi connectivity index (χ1n) is 8.46. The van der Waals surface area contributed by atoms with E-state index in [2.05, 4.69) is 46.9 Å². The summed E-state index contributed by atoms with van der Waals surface area (Å²) < 4.78 is 12.9. The number of halogens is 2. The number of nitrogens with zero attached hydrogens (tertiary/aromatic N) is 1. The fourth-order valence-corrected chi connectivity index (χ4v) is 2.42. The molecule has 0 unspecified atom stereocenters. The maximum Gasteiger partial charge on any atom is 0.243 e. The zero-order valence-electron chi connectivity index (χ0n) is 15.8. The van der Waals surface area contributed by atoms with E-state index in [1.807, 2.05) is 18.2 Å². The van der Waals surface area contributed by atoms with E-state index >= 15 is 0 Å². The first-order chi connectivity index (χ1) is 12.4. The fraction of sp³-hybridized carbons (Fsp3) is 0.300. The predicted molar refractivity (Wildman–Crippen MR) is 119 cm³/mol. The van der Waals surface area contributed by atoms with Gasteiger partial charge in [0, 0.05) is 24.7 Å². The number of anilines is 1. The van der Waals surface area contributed by atoms with Gasteiger partial charge in [0.1, 0.15) is 5.82 Å². The Balaban J connectivity index is 0.00000364. The molecule has 7 heteroatoms. The number of carbonyl (C=O) groups excluding carboxylic acids is 1. The number of hydrogen-bond donors (Lipinski definition) is 3. The van der Waals surface area contributed by atoms with Gasteiger partial charge in [-0.2, -0.15) is 0 Å². The molecule has 0 fully saturated rings. The molecule has 0 bridgehead atoms. The smallest absolute Gasteiger partial charge is 0.243 e. The number of guanidine groups is 1. The Morgan fingerprint density at radius 2 is 1.67 bits per heavy atom. The molecule has 27 heavy (non-hydrogen) atoms. The lowest BCUT2D eigenvalue weighted by molar-refractivity contribution is -0.115. The highest BCUT2D eigenvalue weighted by Gasteiger charge is 2.20. The summed E-state index contributed by atoms with van der Waals surface area (Å²) in [6.45, 7) is 5.01. The van der Waals surface area contributed by atoms with Crippen LogP contribution < -0.4 is 16.0 Å². The van der Waals surface area contributed by atoms with Crippen molar-refractivity contribution in [3.8, 4) is 0 Å². The van der Waals surface area contributed by atoms with Gasteiger partial charge in [0.15, 0.2) is 5.96 Å². The topological polar surface area (TPSA) is 65.5 Å². The van der Waals surface area contributed by atoms with Crippen molar-refractivity contribution in [1.29, 1.82) is 0 Å². The molecule has 0 saturated heterocycles. The second kappa shape index (κ2) is 10.9. The number of rotatable bonds is 6. The lowest BCUT2D eigenvalue weighted by Gasteiger charge is -2.26. The molecule has 2 aromatic rings. The van der Waals surface area contributed by atoms with Crippen LogP contribution in [-0.4, -0.2) is 32.0 Å². The summed E-state index contributed by atoms with van der Waals surface area (Å²) in [5.41, 5.74) is 1.68. The third-order valence-electron chi connectivity index (χ3n) is 4.02. The van der Waals surface area contributed by atoms with Gasteiger partial charge in [-0.1, -0.05) is 44.2 Å². The van der Waals surface area contributed by atoms with E-state index in [-0.39, 0.29) is 47.7 Å². The van der Waals surface area contributed by atoms with Crippen molar-refractivity contribution in [2.24, 2.45) is 4.99 Å². The molecule has 0 atom stereocenters. The Bertz CT molecular complexity index is 748. The molecule has 5 nitrogen and oxygen atoms in total. The summed E-state index contributed by atoms with van der Waals surface area (Å²) in [6, 6.07) is 15.8.